The zero-order chi connectivity index (χ0) is 12.0. The lowest BCUT2D eigenvalue weighted by molar-refractivity contribution is 0.394. The number of likely N-dealkylation sites (N-methyl/N-ethyl adjacent to an activating group) is 1. The largest absolute Gasteiger partial charge is 0.508 e. The minimum atomic E-state index is -0.368. The van der Waals surface area contributed by atoms with Gasteiger partial charge < -0.3 is 10.0 Å². The predicted molar refractivity (Wildman–Crippen MR) is 63.0 cm³/mol. The standard InChI is InChI=1S/C12H17N3O/c1-15(2)7-6-14-12(9-13)10-4-3-5-11(16)8-10/h3-5,8,12,14,16H,6-7H2,1-2H3. The van der Waals surface area contributed by atoms with Crippen LogP contribution in [0.4, 0.5) is 0 Å². The van der Waals surface area contributed by atoms with Gasteiger partial charge in [-0.2, -0.15) is 5.26 Å². The number of nitriles is 1. The van der Waals surface area contributed by atoms with Crippen LogP contribution in [0.5, 0.6) is 5.75 Å². The van der Waals surface area contributed by atoms with Crippen LogP contribution in [0.15, 0.2) is 24.3 Å². The topological polar surface area (TPSA) is 59.3 Å². The number of hydrogen-bond acceptors (Lipinski definition) is 4. The van der Waals surface area contributed by atoms with Gasteiger partial charge in [-0.05, 0) is 31.8 Å². The molecule has 0 aliphatic rings. The number of phenols is 1. The highest BCUT2D eigenvalue weighted by Crippen LogP contribution is 2.17. The number of nitrogens with zero attached hydrogens (tertiary/aromatic N) is 2. The molecule has 0 saturated carbocycles. The Morgan fingerprint density at radius 1 is 1.50 bits per heavy atom. The van der Waals surface area contributed by atoms with Crippen molar-refractivity contribution in [3.63, 3.8) is 0 Å². The molecule has 1 rings (SSSR count). The van der Waals surface area contributed by atoms with Crippen LogP contribution in [0.1, 0.15) is 11.6 Å². The van der Waals surface area contributed by atoms with Crippen molar-refractivity contribution in [2.24, 2.45) is 0 Å². The molecule has 1 atom stereocenters. The molecule has 0 aromatic heterocycles. The molecule has 0 spiro atoms. The fourth-order valence-corrected chi connectivity index (χ4v) is 1.37. The number of phenolic OH excluding ortho intramolecular Hbond substituents is 1. The molecule has 4 heteroatoms. The van der Waals surface area contributed by atoms with Crippen LogP contribution in [0, 0.1) is 11.3 Å². The van der Waals surface area contributed by atoms with Crippen molar-refractivity contribution in [1.29, 1.82) is 5.26 Å². The fourth-order valence-electron chi connectivity index (χ4n) is 1.37. The third-order valence-corrected chi connectivity index (χ3v) is 2.24. The molecule has 0 amide bonds. The minimum absolute atomic E-state index is 0.187. The van der Waals surface area contributed by atoms with Crippen LogP contribution in [-0.2, 0) is 0 Å². The summed E-state index contributed by atoms with van der Waals surface area (Å²) >= 11 is 0. The van der Waals surface area contributed by atoms with E-state index in [0.29, 0.717) is 0 Å². The molecule has 0 heterocycles. The van der Waals surface area contributed by atoms with Crippen LogP contribution < -0.4 is 5.32 Å². The maximum atomic E-state index is 9.33. The number of rotatable bonds is 5. The first kappa shape index (κ1) is 12.5. The Labute approximate surface area is 96.1 Å². The molecule has 86 valence electrons. The second kappa shape index (κ2) is 6.11. The van der Waals surface area contributed by atoms with Crippen molar-refractivity contribution in [3.8, 4) is 11.8 Å². The van der Waals surface area contributed by atoms with Gasteiger partial charge in [0.1, 0.15) is 11.8 Å². The first-order valence-electron chi connectivity index (χ1n) is 5.20. The predicted octanol–water partition coefficient (Wildman–Crippen LogP) is 1.11. The van der Waals surface area contributed by atoms with Gasteiger partial charge in [0, 0.05) is 13.1 Å². The molecule has 1 aromatic rings. The number of aromatic hydroxyl groups is 1. The quantitative estimate of drug-likeness (QED) is 0.778. The van der Waals surface area contributed by atoms with Gasteiger partial charge in [-0.15, -0.1) is 0 Å². The van der Waals surface area contributed by atoms with Gasteiger partial charge in [-0.1, -0.05) is 12.1 Å². The Morgan fingerprint density at radius 2 is 2.25 bits per heavy atom. The van der Waals surface area contributed by atoms with Gasteiger partial charge in [0.15, 0.2) is 0 Å². The van der Waals surface area contributed by atoms with Gasteiger partial charge in [0.25, 0.3) is 0 Å². The average molecular weight is 219 g/mol. The molecule has 1 unspecified atom stereocenters. The maximum absolute atomic E-state index is 9.33. The van der Waals surface area contributed by atoms with E-state index in [1.54, 1.807) is 18.2 Å². The van der Waals surface area contributed by atoms with E-state index in [2.05, 4.69) is 11.4 Å². The van der Waals surface area contributed by atoms with E-state index in [9.17, 15) is 5.11 Å². The van der Waals surface area contributed by atoms with Crippen LogP contribution in [-0.4, -0.2) is 37.2 Å². The molecular formula is C12H17N3O. The summed E-state index contributed by atoms with van der Waals surface area (Å²) < 4.78 is 0. The zero-order valence-corrected chi connectivity index (χ0v) is 9.64. The highest BCUT2D eigenvalue weighted by atomic mass is 16.3. The second-order valence-electron chi connectivity index (χ2n) is 3.91. The van der Waals surface area contributed by atoms with E-state index >= 15 is 0 Å². The minimum Gasteiger partial charge on any atom is -0.508 e. The first-order valence-corrected chi connectivity index (χ1v) is 5.20. The van der Waals surface area contributed by atoms with E-state index in [0.717, 1.165) is 18.7 Å². The monoisotopic (exact) mass is 219 g/mol. The molecule has 0 fully saturated rings. The Balaban J connectivity index is 2.58. The van der Waals surface area contributed by atoms with Crippen molar-refractivity contribution in [2.45, 2.75) is 6.04 Å². The molecule has 0 aliphatic heterocycles. The fraction of sp³-hybridized carbons (Fsp3) is 0.417. The van der Waals surface area contributed by atoms with Gasteiger partial charge in [-0.3, -0.25) is 5.32 Å². The lowest BCUT2D eigenvalue weighted by atomic mass is 10.1. The Kier molecular flexibility index (Phi) is 4.77. The van der Waals surface area contributed by atoms with Crippen LogP contribution in [0.3, 0.4) is 0 Å². The number of hydrogen-bond donors (Lipinski definition) is 2. The molecule has 1 aromatic carbocycles. The molecule has 16 heavy (non-hydrogen) atoms. The molecule has 0 bridgehead atoms. The van der Waals surface area contributed by atoms with E-state index in [-0.39, 0.29) is 11.8 Å². The van der Waals surface area contributed by atoms with Crippen molar-refractivity contribution >= 4 is 0 Å². The maximum Gasteiger partial charge on any atom is 0.121 e. The summed E-state index contributed by atoms with van der Waals surface area (Å²) in [5, 5.41) is 21.5. The third-order valence-electron chi connectivity index (χ3n) is 2.24. The molecule has 2 N–H and O–H groups in total. The summed E-state index contributed by atoms with van der Waals surface area (Å²) in [6.45, 7) is 1.61. The first-order chi connectivity index (χ1) is 7.63. The molecular weight excluding hydrogens is 202 g/mol. The molecule has 0 radical (unpaired) electrons. The summed E-state index contributed by atoms with van der Waals surface area (Å²) in [5.74, 6) is 0.187. The van der Waals surface area contributed by atoms with Crippen molar-refractivity contribution in [2.75, 3.05) is 27.2 Å². The van der Waals surface area contributed by atoms with E-state index in [4.69, 9.17) is 5.26 Å². The SMILES string of the molecule is CN(C)CCNC(C#N)c1cccc(O)c1. The van der Waals surface area contributed by atoms with Gasteiger partial charge in [0.05, 0.1) is 6.07 Å². The van der Waals surface area contributed by atoms with Crippen LogP contribution >= 0.6 is 0 Å². The molecule has 0 saturated heterocycles. The smallest absolute Gasteiger partial charge is 0.121 e. The lowest BCUT2D eigenvalue weighted by Crippen LogP contribution is -2.29. The number of nitrogens with one attached hydrogen (secondary N) is 1. The molecule has 4 nitrogen and oxygen atoms in total. The second-order valence-corrected chi connectivity index (χ2v) is 3.91. The summed E-state index contributed by atoms with van der Waals surface area (Å²) in [6.07, 6.45) is 0. The van der Waals surface area contributed by atoms with Crippen LogP contribution in [0.2, 0.25) is 0 Å². The third kappa shape index (κ3) is 3.89. The normalized spacial score (nSPS) is 12.4. The van der Waals surface area contributed by atoms with Gasteiger partial charge in [-0.25, -0.2) is 0 Å². The molecule has 0 aliphatic carbocycles. The van der Waals surface area contributed by atoms with E-state index in [1.807, 2.05) is 25.1 Å². The summed E-state index contributed by atoms with van der Waals surface area (Å²) in [4.78, 5) is 2.05. The highest BCUT2D eigenvalue weighted by molar-refractivity contribution is 5.31. The van der Waals surface area contributed by atoms with E-state index in [1.165, 1.54) is 0 Å². The summed E-state index contributed by atoms with van der Waals surface area (Å²) in [7, 11) is 3.97. The Hall–Kier alpha value is -1.57. The van der Waals surface area contributed by atoms with Crippen LogP contribution in [0.25, 0.3) is 0 Å². The van der Waals surface area contributed by atoms with Crippen molar-refractivity contribution in [1.82, 2.24) is 10.2 Å². The number of benzene rings is 1. The van der Waals surface area contributed by atoms with Crippen molar-refractivity contribution in [3.05, 3.63) is 29.8 Å². The Bertz CT molecular complexity index is 371. The van der Waals surface area contributed by atoms with Gasteiger partial charge in [0.2, 0.25) is 0 Å². The lowest BCUT2D eigenvalue weighted by Gasteiger charge is -2.14. The van der Waals surface area contributed by atoms with Gasteiger partial charge >= 0.3 is 0 Å². The Morgan fingerprint density at radius 3 is 2.81 bits per heavy atom. The summed E-state index contributed by atoms with van der Waals surface area (Å²) in [5.41, 5.74) is 0.793. The van der Waals surface area contributed by atoms with Crippen molar-refractivity contribution < 1.29 is 5.11 Å². The zero-order valence-electron chi connectivity index (χ0n) is 9.64. The van der Waals surface area contributed by atoms with E-state index < -0.39 is 0 Å². The average Bonchev–Trinajstić information content (AvgIpc) is 2.24. The highest BCUT2D eigenvalue weighted by Gasteiger charge is 2.09. The summed E-state index contributed by atoms with van der Waals surface area (Å²) in [6, 6.07) is 8.58.